The van der Waals surface area contributed by atoms with E-state index in [0.29, 0.717) is 6.61 Å². The van der Waals surface area contributed by atoms with Crippen LogP contribution < -0.4 is 0 Å². The van der Waals surface area contributed by atoms with Gasteiger partial charge in [-0.15, -0.1) is 0 Å². The number of aliphatic carboxylic acids is 3. The number of pyridine rings is 2. The van der Waals surface area contributed by atoms with Crippen molar-refractivity contribution in [1.82, 2.24) is 19.8 Å². The lowest BCUT2D eigenvalue weighted by atomic mass is 10.0. The third-order valence-electron chi connectivity index (χ3n) is 5.77. The monoisotopic (exact) mass is 696 g/mol. The van der Waals surface area contributed by atoms with Gasteiger partial charge in [-0.2, -0.15) is 39.5 Å². The third-order valence-corrected chi connectivity index (χ3v) is 5.77. The summed E-state index contributed by atoms with van der Waals surface area (Å²) >= 11 is 0. The second-order valence-corrected chi connectivity index (χ2v) is 9.63. The van der Waals surface area contributed by atoms with E-state index in [1.54, 1.807) is 0 Å². The number of rotatable bonds is 4. The van der Waals surface area contributed by atoms with Crippen molar-refractivity contribution in [1.29, 1.82) is 0 Å². The highest BCUT2D eigenvalue weighted by atomic mass is 19.4. The number of carboxylic acid groups (broad SMARTS) is 3. The summed E-state index contributed by atoms with van der Waals surface area (Å²) in [6, 6.07) is 8.29. The van der Waals surface area contributed by atoms with Gasteiger partial charge in [0.15, 0.2) is 0 Å². The second kappa shape index (κ2) is 18.3. The Hall–Kier alpha value is -4.08. The number of carbonyl (C=O) groups is 3. The van der Waals surface area contributed by atoms with Crippen molar-refractivity contribution in [3.8, 4) is 0 Å². The van der Waals surface area contributed by atoms with E-state index >= 15 is 0 Å². The number of halogens is 9. The lowest BCUT2D eigenvalue weighted by Crippen LogP contribution is -2.58. The maximum Gasteiger partial charge on any atom is 0.490 e. The van der Waals surface area contributed by atoms with Gasteiger partial charge in [-0.1, -0.05) is 6.07 Å². The Kier molecular flexibility index (Phi) is 15.9. The van der Waals surface area contributed by atoms with Gasteiger partial charge in [0.1, 0.15) is 5.60 Å². The van der Waals surface area contributed by atoms with Gasteiger partial charge in [0.2, 0.25) is 0 Å². The zero-order valence-corrected chi connectivity index (χ0v) is 24.1. The molecule has 4 heterocycles. The summed E-state index contributed by atoms with van der Waals surface area (Å²) in [5.41, 5.74) is 2.26. The molecule has 12 nitrogen and oxygen atoms in total. The molecule has 2 aromatic rings. The Balaban J connectivity index is 0.000000430. The van der Waals surface area contributed by atoms with Crippen LogP contribution >= 0.6 is 0 Å². The molecule has 0 saturated carbocycles. The summed E-state index contributed by atoms with van der Waals surface area (Å²) in [6.45, 7) is 7.60. The van der Waals surface area contributed by atoms with Crippen LogP contribution in [0.2, 0.25) is 0 Å². The number of morpholine rings is 1. The van der Waals surface area contributed by atoms with E-state index in [4.69, 9.17) is 39.2 Å². The summed E-state index contributed by atoms with van der Waals surface area (Å²) in [5.74, 6) is -8.27. The first kappa shape index (κ1) is 40.9. The molecule has 0 aliphatic carbocycles. The normalized spacial score (nSPS) is 19.0. The molecule has 4 rings (SSSR count). The van der Waals surface area contributed by atoms with Gasteiger partial charge >= 0.3 is 36.4 Å². The molecule has 1 unspecified atom stereocenters. The van der Waals surface area contributed by atoms with Crippen molar-refractivity contribution in [3.05, 3.63) is 60.2 Å². The molecule has 1 atom stereocenters. The number of hydrogen-bond acceptors (Lipinski definition) is 9. The van der Waals surface area contributed by atoms with Crippen molar-refractivity contribution in [2.24, 2.45) is 0 Å². The van der Waals surface area contributed by atoms with Crippen LogP contribution in [0.1, 0.15) is 11.1 Å². The quantitative estimate of drug-likeness (QED) is 0.400. The van der Waals surface area contributed by atoms with Crippen molar-refractivity contribution < 1.29 is 78.7 Å². The predicted molar refractivity (Wildman–Crippen MR) is 140 cm³/mol. The SMILES string of the molecule is O=C(O)C(F)(F)F.O=C(O)C(F)(F)F.O=C(O)C(F)(F)F.c1cncc(CN2CCOC3(COCCN(Cc4ccncc4)C3)C2)c1. The molecule has 3 N–H and O–H groups in total. The summed E-state index contributed by atoms with van der Waals surface area (Å²) in [5, 5.41) is 21.4. The molecule has 21 heteroatoms. The van der Waals surface area contributed by atoms with Crippen LogP contribution in [0.4, 0.5) is 39.5 Å². The van der Waals surface area contributed by atoms with Gasteiger partial charge in [-0.3, -0.25) is 19.8 Å². The van der Waals surface area contributed by atoms with Crippen LogP contribution in [0.5, 0.6) is 0 Å². The first-order valence-corrected chi connectivity index (χ1v) is 13.0. The Morgan fingerprint density at radius 1 is 0.702 bits per heavy atom. The highest BCUT2D eigenvalue weighted by molar-refractivity contribution is 5.73. The van der Waals surface area contributed by atoms with Crippen LogP contribution in [0.15, 0.2) is 49.1 Å². The predicted octanol–water partition coefficient (Wildman–Crippen LogP) is 3.48. The van der Waals surface area contributed by atoms with E-state index in [9.17, 15) is 39.5 Å². The van der Waals surface area contributed by atoms with Crippen LogP contribution in [-0.2, 0) is 36.9 Å². The summed E-state index contributed by atoms with van der Waals surface area (Å²) < 4.78 is 107. The van der Waals surface area contributed by atoms with Gasteiger partial charge in [-0.25, -0.2) is 14.4 Å². The average molecular weight is 697 g/mol. The Morgan fingerprint density at radius 2 is 1.15 bits per heavy atom. The van der Waals surface area contributed by atoms with Gasteiger partial charge in [0, 0.05) is 64.1 Å². The van der Waals surface area contributed by atoms with Gasteiger partial charge in [-0.05, 0) is 29.3 Å². The van der Waals surface area contributed by atoms with Crippen LogP contribution in [0, 0.1) is 0 Å². The van der Waals surface area contributed by atoms with E-state index in [1.807, 2.05) is 30.9 Å². The molecular weight excluding hydrogens is 667 g/mol. The van der Waals surface area contributed by atoms with Crippen molar-refractivity contribution in [2.45, 2.75) is 37.2 Å². The fourth-order valence-electron chi connectivity index (χ4n) is 3.86. The highest BCUT2D eigenvalue weighted by Crippen LogP contribution is 2.25. The molecule has 2 aliphatic rings. The molecule has 2 aromatic heterocycles. The third kappa shape index (κ3) is 16.9. The largest absolute Gasteiger partial charge is 0.490 e. The Morgan fingerprint density at radius 3 is 1.57 bits per heavy atom. The van der Waals surface area contributed by atoms with Crippen molar-refractivity contribution in [3.63, 3.8) is 0 Å². The van der Waals surface area contributed by atoms with Crippen LogP contribution in [0.25, 0.3) is 0 Å². The fraction of sp³-hybridized carbons (Fsp3) is 0.500. The molecule has 2 fully saturated rings. The molecular formula is C26H29F9N4O8. The lowest BCUT2D eigenvalue weighted by Gasteiger charge is -2.43. The summed E-state index contributed by atoms with van der Waals surface area (Å²) in [6.07, 6.45) is -7.78. The first-order valence-electron chi connectivity index (χ1n) is 13.0. The number of hydrogen-bond donors (Lipinski definition) is 3. The molecule has 2 saturated heterocycles. The highest BCUT2D eigenvalue weighted by Gasteiger charge is 2.41. The maximum absolute atomic E-state index is 10.6. The zero-order chi connectivity index (χ0) is 35.9. The standard InChI is InChI=1S/C20H26N4O2.3C2HF3O2/c1-2-19(12-22-5-1)14-24-9-11-26-20(16-24)15-23(8-10-25-17-20)13-18-3-6-21-7-4-18;3*3-2(4,5)1(6)7/h1-7,12H,8-11,13-17H2;3*(H,6,7). The Bertz CT molecular complexity index is 1200. The van der Waals surface area contributed by atoms with Gasteiger partial charge in [0.05, 0.1) is 19.8 Å². The van der Waals surface area contributed by atoms with E-state index < -0.39 is 36.4 Å². The van der Waals surface area contributed by atoms with Crippen LogP contribution in [0.3, 0.4) is 0 Å². The van der Waals surface area contributed by atoms with E-state index in [2.05, 4.69) is 38.0 Å². The molecule has 0 bridgehead atoms. The molecule has 264 valence electrons. The molecule has 0 radical (unpaired) electrons. The number of alkyl halides is 9. The minimum absolute atomic E-state index is 0.260. The van der Waals surface area contributed by atoms with Gasteiger partial charge < -0.3 is 24.8 Å². The maximum atomic E-state index is 10.6. The second-order valence-electron chi connectivity index (χ2n) is 9.63. The van der Waals surface area contributed by atoms with Gasteiger partial charge in [0.25, 0.3) is 0 Å². The van der Waals surface area contributed by atoms with E-state index in [0.717, 1.165) is 52.5 Å². The number of aromatic nitrogens is 2. The summed E-state index contributed by atoms with van der Waals surface area (Å²) in [4.78, 5) is 39.9. The fourth-order valence-corrected chi connectivity index (χ4v) is 3.86. The number of ether oxygens (including phenoxy) is 2. The molecule has 1 spiro atoms. The smallest absolute Gasteiger partial charge is 0.475 e. The molecule has 0 aromatic carbocycles. The lowest BCUT2D eigenvalue weighted by molar-refractivity contribution is -0.193. The van der Waals surface area contributed by atoms with Crippen LogP contribution in [-0.4, -0.2) is 123 Å². The summed E-state index contributed by atoms with van der Waals surface area (Å²) in [7, 11) is 0. The molecule has 0 amide bonds. The molecule has 2 aliphatic heterocycles. The minimum Gasteiger partial charge on any atom is -0.475 e. The number of nitrogens with zero attached hydrogens (tertiary/aromatic N) is 4. The van der Waals surface area contributed by atoms with Crippen molar-refractivity contribution >= 4 is 17.9 Å². The Labute approximate surface area is 260 Å². The molecule has 47 heavy (non-hydrogen) atoms. The first-order chi connectivity index (χ1) is 21.6. The van der Waals surface area contributed by atoms with Crippen molar-refractivity contribution in [2.75, 3.05) is 46.0 Å². The number of carboxylic acids is 3. The van der Waals surface area contributed by atoms with E-state index in [-0.39, 0.29) is 5.60 Å². The average Bonchev–Trinajstić information content (AvgIpc) is 3.15. The minimum atomic E-state index is -5.08. The van der Waals surface area contributed by atoms with E-state index in [1.165, 1.54) is 11.1 Å². The topological polar surface area (TPSA) is 163 Å². The zero-order valence-electron chi connectivity index (χ0n) is 24.1.